The summed E-state index contributed by atoms with van der Waals surface area (Å²) in [6.45, 7) is 2.84. The lowest BCUT2D eigenvalue weighted by molar-refractivity contribution is 0.0698. The van der Waals surface area contributed by atoms with E-state index >= 15 is 0 Å². The van der Waals surface area contributed by atoms with E-state index in [0.29, 0.717) is 42.7 Å². The SMILES string of the molecule is Cc1ccc(NS(=O)(=O)c2ccc(C(=O)N3CCC(NC(=O)c4ccc(F)cc4)CC3)cc2)cc1. The van der Waals surface area contributed by atoms with Crippen LogP contribution >= 0.6 is 0 Å². The summed E-state index contributed by atoms with van der Waals surface area (Å²) >= 11 is 0. The second kappa shape index (κ2) is 10.3. The van der Waals surface area contributed by atoms with Crippen LogP contribution in [0.15, 0.2) is 77.7 Å². The highest BCUT2D eigenvalue weighted by Crippen LogP contribution is 2.19. The maximum atomic E-state index is 13.0. The van der Waals surface area contributed by atoms with Crippen molar-refractivity contribution < 1.29 is 22.4 Å². The molecule has 0 aromatic heterocycles. The zero-order chi connectivity index (χ0) is 25.0. The van der Waals surface area contributed by atoms with E-state index in [4.69, 9.17) is 0 Å². The first kappa shape index (κ1) is 24.4. The molecule has 7 nitrogen and oxygen atoms in total. The van der Waals surface area contributed by atoms with Crippen LogP contribution in [0.3, 0.4) is 0 Å². The third-order valence-electron chi connectivity index (χ3n) is 5.94. The lowest BCUT2D eigenvalue weighted by Crippen LogP contribution is -2.46. The number of rotatable bonds is 6. The number of benzene rings is 3. The van der Waals surface area contributed by atoms with Gasteiger partial charge in [0.05, 0.1) is 4.90 Å². The van der Waals surface area contributed by atoms with E-state index in [1.807, 2.05) is 19.1 Å². The summed E-state index contributed by atoms with van der Waals surface area (Å²) in [6, 6.07) is 18.1. The van der Waals surface area contributed by atoms with Crippen molar-refractivity contribution in [3.8, 4) is 0 Å². The molecule has 0 atom stereocenters. The van der Waals surface area contributed by atoms with Gasteiger partial charge in [0.15, 0.2) is 0 Å². The zero-order valence-corrected chi connectivity index (χ0v) is 20.0. The number of sulfonamides is 1. The molecule has 182 valence electrons. The highest BCUT2D eigenvalue weighted by Gasteiger charge is 2.25. The Labute approximate surface area is 204 Å². The van der Waals surface area contributed by atoms with Crippen LogP contribution in [0.25, 0.3) is 0 Å². The Kier molecular flexibility index (Phi) is 7.16. The number of carbonyl (C=O) groups excluding carboxylic acids is 2. The number of halogens is 1. The van der Waals surface area contributed by atoms with Crippen molar-refractivity contribution in [3.05, 3.63) is 95.3 Å². The van der Waals surface area contributed by atoms with Gasteiger partial charge in [0.25, 0.3) is 21.8 Å². The van der Waals surface area contributed by atoms with Crippen LogP contribution in [-0.2, 0) is 10.0 Å². The average molecular weight is 496 g/mol. The van der Waals surface area contributed by atoms with E-state index in [1.54, 1.807) is 17.0 Å². The lowest BCUT2D eigenvalue weighted by Gasteiger charge is -2.32. The topological polar surface area (TPSA) is 95.6 Å². The minimum atomic E-state index is -3.77. The van der Waals surface area contributed by atoms with Crippen molar-refractivity contribution >= 4 is 27.5 Å². The fourth-order valence-corrected chi connectivity index (χ4v) is 4.95. The number of hydrogen-bond donors (Lipinski definition) is 2. The molecule has 4 rings (SSSR count). The van der Waals surface area contributed by atoms with Gasteiger partial charge in [-0.25, -0.2) is 12.8 Å². The molecule has 0 aliphatic carbocycles. The Morgan fingerprint density at radius 1 is 0.857 bits per heavy atom. The third-order valence-corrected chi connectivity index (χ3v) is 7.34. The minimum absolute atomic E-state index is 0.0665. The first-order valence-corrected chi connectivity index (χ1v) is 12.7. The van der Waals surface area contributed by atoms with Crippen LogP contribution in [0.4, 0.5) is 10.1 Å². The predicted octanol–water partition coefficient (Wildman–Crippen LogP) is 3.97. The lowest BCUT2D eigenvalue weighted by atomic mass is 10.0. The van der Waals surface area contributed by atoms with Gasteiger partial charge in [-0.2, -0.15) is 0 Å². The third kappa shape index (κ3) is 6.05. The van der Waals surface area contributed by atoms with Crippen molar-refractivity contribution in [3.63, 3.8) is 0 Å². The summed E-state index contributed by atoms with van der Waals surface area (Å²) in [4.78, 5) is 27.0. The molecule has 1 heterocycles. The molecule has 1 aliphatic rings. The number of aryl methyl sites for hydroxylation is 1. The molecule has 1 saturated heterocycles. The number of likely N-dealkylation sites (tertiary alicyclic amines) is 1. The first-order chi connectivity index (χ1) is 16.7. The van der Waals surface area contributed by atoms with Crippen molar-refractivity contribution in [1.82, 2.24) is 10.2 Å². The molecule has 3 aromatic rings. The Morgan fingerprint density at radius 2 is 1.43 bits per heavy atom. The van der Waals surface area contributed by atoms with Crippen LogP contribution in [-0.4, -0.2) is 44.3 Å². The van der Waals surface area contributed by atoms with Gasteiger partial charge in [-0.3, -0.25) is 14.3 Å². The predicted molar refractivity (Wildman–Crippen MR) is 131 cm³/mol. The molecule has 0 saturated carbocycles. The Bertz CT molecular complexity index is 1300. The summed E-state index contributed by atoms with van der Waals surface area (Å²) in [7, 11) is -3.77. The second-order valence-corrected chi connectivity index (χ2v) is 10.2. The highest BCUT2D eigenvalue weighted by atomic mass is 32.2. The largest absolute Gasteiger partial charge is 0.349 e. The van der Waals surface area contributed by atoms with Gasteiger partial charge in [-0.15, -0.1) is 0 Å². The standard InChI is InChI=1S/C26H26FN3O4S/c1-18-2-10-23(11-3-18)29-35(33,34)24-12-6-20(7-13-24)26(32)30-16-14-22(15-17-30)28-25(31)19-4-8-21(27)9-5-19/h2-13,22,29H,14-17H2,1H3,(H,28,31). The average Bonchev–Trinajstić information content (AvgIpc) is 2.86. The summed E-state index contributed by atoms with van der Waals surface area (Å²) in [5.41, 5.74) is 2.27. The summed E-state index contributed by atoms with van der Waals surface area (Å²) in [5.74, 6) is -0.865. The van der Waals surface area contributed by atoms with Crippen LogP contribution < -0.4 is 10.0 Å². The molecule has 3 aromatic carbocycles. The molecule has 1 fully saturated rings. The Balaban J connectivity index is 1.32. The number of nitrogens with zero attached hydrogens (tertiary/aromatic N) is 1. The maximum absolute atomic E-state index is 13.0. The van der Waals surface area contributed by atoms with Crippen LogP contribution in [0.2, 0.25) is 0 Å². The van der Waals surface area contributed by atoms with Crippen molar-refractivity contribution in [2.45, 2.75) is 30.7 Å². The van der Waals surface area contributed by atoms with Crippen molar-refractivity contribution in [2.24, 2.45) is 0 Å². The number of hydrogen-bond acceptors (Lipinski definition) is 4. The van der Waals surface area contributed by atoms with E-state index in [2.05, 4.69) is 10.0 Å². The first-order valence-electron chi connectivity index (χ1n) is 11.3. The van der Waals surface area contributed by atoms with Crippen LogP contribution in [0.5, 0.6) is 0 Å². The quantitative estimate of drug-likeness (QED) is 0.541. The summed E-state index contributed by atoms with van der Waals surface area (Å²) in [5, 5.41) is 2.93. The minimum Gasteiger partial charge on any atom is -0.349 e. The van der Waals surface area contributed by atoms with Gasteiger partial charge in [0.2, 0.25) is 0 Å². The molecule has 0 unspecified atom stereocenters. The molecule has 9 heteroatoms. The molecule has 35 heavy (non-hydrogen) atoms. The fourth-order valence-electron chi connectivity index (χ4n) is 3.89. The maximum Gasteiger partial charge on any atom is 0.261 e. The number of amides is 2. The molecular formula is C26H26FN3O4S. The zero-order valence-electron chi connectivity index (χ0n) is 19.2. The fraction of sp³-hybridized carbons (Fsp3) is 0.231. The monoisotopic (exact) mass is 495 g/mol. The van der Waals surface area contributed by atoms with E-state index in [-0.39, 0.29) is 22.8 Å². The molecule has 1 aliphatic heterocycles. The second-order valence-electron chi connectivity index (χ2n) is 8.54. The van der Waals surface area contributed by atoms with E-state index < -0.39 is 15.8 Å². The van der Waals surface area contributed by atoms with E-state index in [9.17, 15) is 22.4 Å². The molecule has 0 bridgehead atoms. The Hall–Kier alpha value is -3.72. The van der Waals surface area contributed by atoms with Crippen LogP contribution in [0, 0.1) is 12.7 Å². The number of piperidine rings is 1. The number of anilines is 1. The van der Waals surface area contributed by atoms with Crippen molar-refractivity contribution in [2.75, 3.05) is 17.8 Å². The number of carbonyl (C=O) groups is 2. The molecule has 0 radical (unpaired) electrons. The summed E-state index contributed by atoms with van der Waals surface area (Å²) in [6.07, 6.45) is 1.18. The summed E-state index contributed by atoms with van der Waals surface area (Å²) < 4.78 is 40.9. The molecule has 2 N–H and O–H groups in total. The van der Waals surface area contributed by atoms with Gasteiger partial charge >= 0.3 is 0 Å². The van der Waals surface area contributed by atoms with Crippen LogP contribution in [0.1, 0.15) is 39.1 Å². The normalized spacial score (nSPS) is 14.4. The highest BCUT2D eigenvalue weighted by molar-refractivity contribution is 7.92. The van der Waals surface area contributed by atoms with E-state index in [1.165, 1.54) is 48.5 Å². The van der Waals surface area contributed by atoms with Gasteiger partial charge in [0.1, 0.15) is 5.82 Å². The molecular weight excluding hydrogens is 469 g/mol. The molecule has 0 spiro atoms. The van der Waals surface area contributed by atoms with Gasteiger partial charge in [-0.05, 0) is 80.4 Å². The van der Waals surface area contributed by atoms with Gasteiger partial charge < -0.3 is 10.2 Å². The van der Waals surface area contributed by atoms with Crippen molar-refractivity contribution in [1.29, 1.82) is 0 Å². The van der Waals surface area contributed by atoms with Gasteiger partial charge in [0, 0.05) is 35.9 Å². The number of nitrogens with one attached hydrogen (secondary N) is 2. The van der Waals surface area contributed by atoms with Gasteiger partial charge in [-0.1, -0.05) is 17.7 Å². The molecule has 2 amide bonds. The Morgan fingerprint density at radius 3 is 2.03 bits per heavy atom. The smallest absolute Gasteiger partial charge is 0.261 e. The van der Waals surface area contributed by atoms with E-state index in [0.717, 1.165) is 5.56 Å².